The van der Waals surface area contributed by atoms with E-state index >= 15 is 0 Å². The third-order valence-electron chi connectivity index (χ3n) is 8.12. The van der Waals surface area contributed by atoms with Crippen LogP contribution in [0.3, 0.4) is 0 Å². The molecular weight excluding hydrogens is 555 g/mol. The first-order valence-electron chi connectivity index (χ1n) is 14.1. The summed E-state index contributed by atoms with van der Waals surface area (Å²) < 4.78 is 16.7. The summed E-state index contributed by atoms with van der Waals surface area (Å²) in [5, 5.41) is 2.70. The van der Waals surface area contributed by atoms with Crippen molar-refractivity contribution in [3.8, 4) is 0 Å². The number of likely N-dealkylation sites (N-methyl/N-ethyl adjacent to an activating group) is 1. The Balaban J connectivity index is 1.10. The molecule has 4 aromatic heterocycles. The lowest BCUT2D eigenvalue weighted by Gasteiger charge is -2.18. The summed E-state index contributed by atoms with van der Waals surface area (Å²) in [6.07, 6.45) is 9.27. The van der Waals surface area contributed by atoms with Gasteiger partial charge in [0.05, 0.1) is 24.1 Å². The molecule has 1 aliphatic heterocycles. The number of fused-ring (bicyclic) bond motifs is 1. The minimum atomic E-state index is -0.650. The van der Waals surface area contributed by atoms with Crippen LogP contribution in [-0.4, -0.2) is 72.7 Å². The van der Waals surface area contributed by atoms with Crippen molar-refractivity contribution in [1.82, 2.24) is 34.2 Å². The first kappa shape index (κ1) is 26.9. The zero-order valence-electron chi connectivity index (χ0n) is 23.9. The maximum atomic E-state index is 14.9. The smallest absolute Gasteiger partial charge is 0.331 e. The molecule has 2 aliphatic carbocycles. The van der Waals surface area contributed by atoms with Crippen LogP contribution in [0.5, 0.6) is 0 Å². The lowest BCUT2D eigenvalue weighted by molar-refractivity contribution is -0.124. The van der Waals surface area contributed by atoms with Gasteiger partial charge in [0.1, 0.15) is 12.4 Å². The van der Waals surface area contributed by atoms with Crippen molar-refractivity contribution >= 4 is 40.9 Å². The number of imidazole rings is 1. The number of amides is 4. The quantitative estimate of drug-likeness (QED) is 0.309. The second-order valence-corrected chi connectivity index (χ2v) is 11.4. The fraction of sp³-hybridized carbons (Fsp3) is 0.379. The Labute approximate surface area is 245 Å². The molecule has 4 aromatic rings. The number of nitrogens with one attached hydrogen (secondary N) is 1. The van der Waals surface area contributed by atoms with Crippen molar-refractivity contribution < 1.29 is 18.8 Å². The number of aryl methyl sites for hydroxylation is 1. The zero-order valence-corrected chi connectivity index (χ0v) is 23.9. The minimum Gasteiger partial charge on any atom is -0.351 e. The molecule has 7 rings (SSSR count). The van der Waals surface area contributed by atoms with Gasteiger partial charge in [0.25, 0.3) is 0 Å². The highest BCUT2D eigenvalue weighted by atomic mass is 19.1. The lowest BCUT2D eigenvalue weighted by atomic mass is 10.1. The fourth-order valence-corrected chi connectivity index (χ4v) is 5.48. The molecule has 13 nitrogen and oxygen atoms in total. The van der Waals surface area contributed by atoms with Gasteiger partial charge >= 0.3 is 6.03 Å². The molecule has 1 saturated heterocycles. The molecule has 2 atom stereocenters. The number of aromatic nitrogens is 6. The Kier molecular flexibility index (Phi) is 6.29. The summed E-state index contributed by atoms with van der Waals surface area (Å²) in [5.41, 5.74) is 3.60. The number of carbonyl (C=O) groups excluding carboxylic acids is 3. The van der Waals surface area contributed by atoms with Crippen LogP contribution in [0.4, 0.5) is 26.6 Å². The minimum absolute atomic E-state index is 0.00226. The molecular formula is C29H29FN10O3. The van der Waals surface area contributed by atoms with Gasteiger partial charge < -0.3 is 9.30 Å². The van der Waals surface area contributed by atoms with Crippen LogP contribution < -0.4 is 15.1 Å². The van der Waals surface area contributed by atoms with E-state index in [1.54, 1.807) is 24.2 Å². The van der Waals surface area contributed by atoms with Crippen molar-refractivity contribution in [2.75, 3.05) is 35.8 Å². The van der Waals surface area contributed by atoms with Gasteiger partial charge in [0.15, 0.2) is 17.3 Å². The molecule has 220 valence electrons. The summed E-state index contributed by atoms with van der Waals surface area (Å²) in [6, 6.07) is 3.34. The molecule has 5 heterocycles. The number of anilines is 3. The van der Waals surface area contributed by atoms with Gasteiger partial charge in [-0.05, 0) is 49.8 Å². The molecule has 0 bridgehead atoms. The fourth-order valence-electron chi connectivity index (χ4n) is 5.48. The molecule has 0 unspecified atom stereocenters. The maximum absolute atomic E-state index is 14.9. The van der Waals surface area contributed by atoms with Gasteiger partial charge in [-0.3, -0.25) is 24.7 Å². The van der Waals surface area contributed by atoms with Crippen molar-refractivity contribution in [3.05, 3.63) is 65.5 Å². The average molecular weight is 585 g/mol. The highest BCUT2D eigenvalue weighted by Crippen LogP contribution is 2.46. The normalized spacial score (nSPS) is 19.8. The van der Waals surface area contributed by atoms with Crippen molar-refractivity contribution in [2.24, 2.45) is 5.92 Å². The first-order valence-corrected chi connectivity index (χ1v) is 14.1. The number of halogens is 1. The number of rotatable bonds is 8. The Morgan fingerprint density at radius 3 is 2.70 bits per heavy atom. The van der Waals surface area contributed by atoms with Crippen LogP contribution >= 0.6 is 0 Å². The van der Waals surface area contributed by atoms with Gasteiger partial charge in [-0.15, -0.1) is 0 Å². The van der Waals surface area contributed by atoms with Gasteiger partial charge in [-0.2, -0.15) is 4.98 Å². The maximum Gasteiger partial charge on any atom is 0.331 e. The van der Waals surface area contributed by atoms with Crippen LogP contribution in [0.15, 0.2) is 36.9 Å². The number of hydrogen-bond acceptors (Lipinski definition) is 9. The molecule has 0 radical (unpaired) electrons. The lowest BCUT2D eigenvalue weighted by Crippen LogP contribution is -2.30. The van der Waals surface area contributed by atoms with Gasteiger partial charge in [-0.25, -0.2) is 29.1 Å². The largest absolute Gasteiger partial charge is 0.351 e. The van der Waals surface area contributed by atoms with Crippen LogP contribution in [0.1, 0.15) is 53.9 Å². The summed E-state index contributed by atoms with van der Waals surface area (Å²) >= 11 is 0. The highest BCUT2D eigenvalue weighted by Gasteiger charge is 2.46. The van der Waals surface area contributed by atoms with E-state index in [0.29, 0.717) is 35.2 Å². The Morgan fingerprint density at radius 2 is 1.98 bits per heavy atom. The molecule has 14 heteroatoms. The van der Waals surface area contributed by atoms with E-state index in [0.717, 1.165) is 35.2 Å². The molecule has 1 N–H and O–H groups in total. The van der Waals surface area contributed by atoms with E-state index < -0.39 is 11.8 Å². The third-order valence-corrected chi connectivity index (χ3v) is 8.12. The predicted octanol–water partition coefficient (Wildman–Crippen LogP) is 3.02. The van der Waals surface area contributed by atoms with E-state index in [-0.39, 0.29) is 48.5 Å². The van der Waals surface area contributed by atoms with Crippen molar-refractivity contribution in [2.45, 2.75) is 44.6 Å². The van der Waals surface area contributed by atoms with Crippen molar-refractivity contribution in [1.29, 1.82) is 0 Å². The zero-order chi connectivity index (χ0) is 30.0. The Hall–Kier alpha value is -5.01. The standard InChI is InChI=1S/C29H29FN10O3/c1-15-6-7-31-24(33-15)19-9-20(19)27(42)36-28-32-10-21(30)25(35-28)37(2)12-18-13-39-11-17(16-4-5-16)8-22(26(39)34-18)40-14-23(41)38(3)29(40)43/h6-8,10-11,13,16,19-20H,4-5,9,12,14H2,1-3H3,(H,32,35,36,42)/t19-,20-/m0/s1. The van der Waals surface area contributed by atoms with Gasteiger partial charge in [-0.1, -0.05) is 0 Å². The Morgan fingerprint density at radius 1 is 1.16 bits per heavy atom. The summed E-state index contributed by atoms with van der Waals surface area (Å²) in [6.45, 7) is 2.00. The number of urea groups is 1. The summed E-state index contributed by atoms with van der Waals surface area (Å²) in [5.74, 6) is -0.546. The molecule has 0 spiro atoms. The van der Waals surface area contributed by atoms with E-state index in [2.05, 4.69) is 25.3 Å². The number of pyridine rings is 1. The van der Waals surface area contributed by atoms with Crippen LogP contribution in [0.2, 0.25) is 0 Å². The highest BCUT2D eigenvalue weighted by molar-refractivity contribution is 6.13. The number of imide groups is 1. The molecule has 3 fully saturated rings. The van der Waals surface area contributed by atoms with Crippen molar-refractivity contribution in [3.63, 3.8) is 0 Å². The molecule has 0 aromatic carbocycles. The monoisotopic (exact) mass is 584 g/mol. The Bertz CT molecular complexity index is 1800. The SMILES string of the molecule is Cc1ccnc([C@H]2C[C@@H]2C(=O)Nc2ncc(F)c(N(C)Cc3cn4cc(C5CC5)cc(N5CC(=O)N(C)C5=O)c4n3)n2)n1. The first-order chi connectivity index (χ1) is 20.7. The number of nitrogens with zero attached hydrogens (tertiary/aromatic N) is 9. The van der Waals surface area contributed by atoms with Crippen LogP contribution in [0, 0.1) is 18.7 Å². The number of carbonyl (C=O) groups is 3. The van der Waals surface area contributed by atoms with E-state index in [1.165, 1.54) is 11.9 Å². The molecule has 2 saturated carbocycles. The second-order valence-electron chi connectivity index (χ2n) is 11.4. The van der Waals surface area contributed by atoms with E-state index in [4.69, 9.17) is 4.98 Å². The van der Waals surface area contributed by atoms with Crippen LogP contribution in [0.25, 0.3) is 5.65 Å². The third kappa shape index (κ3) is 5.02. The molecule has 4 amide bonds. The second kappa shape index (κ2) is 10.1. The summed E-state index contributed by atoms with van der Waals surface area (Å²) in [4.78, 5) is 63.8. The summed E-state index contributed by atoms with van der Waals surface area (Å²) in [7, 11) is 3.13. The predicted molar refractivity (Wildman–Crippen MR) is 153 cm³/mol. The van der Waals surface area contributed by atoms with Gasteiger partial charge in [0, 0.05) is 50.2 Å². The van der Waals surface area contributed by atoms with Gasteiger partial charge in [0.2, 0.25) is 17.8 Å². The van der Waals surface area contributed by atoms with E-state index in [1.807, 2.05) is 29.8 Å². The molecule has 3 aliphatic rings. The van der Waals surface area contributed by atoms with Crippen LogP contribution in [-0.2, 0) is 16.1 Å². The molecule has 43 heavy (non-hydrogen) atoms. The topological polar surface area (TPSA) is 142 Å². The van der Waals surface area contributed by atoms with E-state index in [9.17, 15) is 18.8 Å². The number of hydrogen-bond donors (Lipinski definition) is 1. The average Bonchev–Trinajstić information content (AvgIpc) is 3.91.